The summed E-state index contributed by atoms with van der Waals surface area (Å²) in [4.78, 5) is 12.1. The summed E-state index contributed by atoms with van der Waals surface area (Å²) in [5, 5.41) is 20.0. The van der Waals surface area contributed by atoms with E-state index in [9.17, 15) is 9.90 Å². The lowest BCUT2D eigenvalue weighted by Gasteiger charge is -2.41. The Morgan fingerprint density at radius 3 is 2.71 bits per heavy atom. The second-order valence-corrected chi connectivity index (χ2v) is 4.73. The van der Waals surface area contributed by atoms with Crippen molar-refractivity contribution in [2.24, 2.45) is 0 Å². The maximum atomic E-state index is 12.1. The van der Waals surface area contributed by atoms with E-state index in [0.29, 0.717) is 17.0 Å². The fourth-order valence-electron chi connectivity index (χ4n) is 2.01. The molecule has 2 rings (SSSR count). The van der Waals surface area contributed by atoms with Gasteiger partial charge in [-0.15, -0.1) is 0 Å². The molecule has 0 saturated heterocycles. The zero-order valence-corrected chi connectivity index (χ0v) is 10.2. The van der Waals surface area contributed by atoms with Gasteiger partial charge in [0.25, 0.3) is 5.91 Å². The van der Waals surface area contributed by atoms with Crippen molar-refractivity contribution >= 4 is 5.91 Å². The molecule has 1 amide bonds. The Bertz CT molecular complexity index is 436. The van der Waals surface area contributed by atoms with Crippen LogP contribution >= 0.6 is 0 Å². The average molecular weight is 235 g/mol. The molecule has 0 aromatic carbocycles. The fraction of sp³-hybridized carbons (Fsp3) is 0.583. The van der Waals surface area contributed by atoms with E-state index in [2.05, 4.69) is 15.5 Å². The van der Waals surface area contributed by atoms with Crippen molar-refractivity contribution in [2.45, 2.75) is 38.6 Å². The summed E-state index contributed by atoms with van der Waals surface area (Å²) in [7, 11) is 0. The van der Waals surface area contributed by atoms with Crippen molar-refractivity contribution in [2.75, 3.05) is 6.61 Å². The van der Waals surface area contributed by atoms with Crippen molar-refractivity contribution in [3.63, 3.8) is 0 Å². The minimum atomic E-state index is -0.416. The number of nitrogens with one attached hydrogen (secondary N) is 1. The molecule has 2 N–H and O–H groups in total. The Kier molecular flexibility index (Phi) is 3.11. The Balaban J connectivity index is 2.17. The van der Waals surface area contributed by atoms with Crippen LogP contribution in [0.2, 0.25) is 0 Å². The van der Waals surface area contributed by atoms with Gasteiger partial charge in [-0.05, 0) is 39.2 Å². The Hall–Kier alpha value is -1.49. The number of rotatable bonds is 3. The van der Waals surface area contributed by atoms with Gasteiger partial charge in [-0.2, -0.15) is 10.2 Å². The molecule has 0 spiro atoms. The van der Waals surface area contributed by atoms with Crippen LogP contribution in [-0.2, 0) is 0 Å². The van der Waals surface area contributed by atoms with E-state index in [1.165, 1.54) is 0 Å². The number of aromatic nitrogens is 2. The lowest BCUT2D eigenvalue weighted by molar-refractivity contribution is 0.0640. The van der Waals surface area contributed by atoms with Crippen LogP contribution < -0.4 is 5.32 Å². The molecule has 1 aromatic rings. The first-order valence-corrected chi connectivity index (χ1v) is 5.81. The van der Waals surface area contributed by atoms with Crippen LogP contribution in [0.5, 0.6) is 0 Å². The molecule has 0 unspecified atom stereocenters. The minimum absolute atomic E-state index is 0.00468. The zero-order valence-electron chi connectivity index (χ0n) is 10.2. The van der Waals surface area contributed by atoms with Crippen LogP contribution in [0.25, 0.3) is 0 Å². The average Bonchev–Trinajstić information content (AvgIpc) is 2.26. The smallest absolute Gasteiger partial charge is 0.253 e. The van der Waals surface area contributed by atoms with Crippen LogP contribution in [-0.4, -0.2) is 33.4 Å². The predicted octanol–water partition coefficient (Wildman–Crippen LogP) is 0.738. The summed E-state index contributed by atoms with van der Waals surface area (Å²) in [5.74, 6) is -0.172. The van der Waals surface area contributed by atoms with Crippen molar-refractivity contribution in [1.82, 2.24) is 15.5 Å². The van der Waals surface area contributed by atoms with Crippen molar-refractivity contribution in [3.05, 3.63) is 23.0 Å². The Morgan fingerprint density at radius 1 is 1.47 bits per heavy atom. The number of aliphatic hydroxyl groups excluding tert-OH is 1. The summed E-state index contributed by atoms with van der Waals surface area (Å²) in [6.45, 7) is 3.55. The van der Waals surface area contributed by atoms with E-state index < -0.39 is 5.54 Å². The summed E-state index contributed by atoms with van der Waals surface area (Å²) < 4.78 is 0. The topological polar surface area (TPSA) is 75.1 Å². The second-order valence-electron chi connectivity index (χ2n) is 4.73. The van der Waals surface area contributed by atoms with E-state index in [1.807, 2.05) is 0 Å². The monoisotopic (exact) mass is 235 g/mol. The van der Waals surface area contributed by atoms with Gasteiger partial charge < -0.3 is 10.4 Å². The summed E-state index contributed by atoms with van der Waals surface area (Å²) in [5.41, 5.74) is 1.45. The van der Waals surface area contributed by atoms with Gasteiger partial charge in [-0.3, -0.25) is 4.79 Å². The van der Waals surface area contributed by atoms with E-state index in [-0.39, 0.29) is 12.5 Å². The van der Waals surface area contributed by atoms with E-state index in [4.69, 9.17) is 0 Å². The molecule has 0 bridgehead atoms. The lowest BCUT2D eigenvalue weighted by atomic mass is 9.77. The highest BCUT2D eigenvalue weighted by Crippen LogP contribution is 2.31. The quantitative estimate of drug-likeness (QED) is 0.810. The van der Waals surface area contributed by atoms with E-state index in [1.54, 1.807) is 19.9 Å². The molecule has 0 atom stereocenters. The van der Waals surface area contributed by atoms with E-state index >= 15 is 0 Å². The van der Waals surface area contributed by atoms with Crippen LogP contribution in [0.3, 0.4) is 0 Å². The minimum Gasteiger partial charge on any atom is -0.394 e. The summed E-state index contributed by atoms with van der Waals surface area (Å²) in [6.07, 6.45) is 2.73. The summed E-state index contributed by atoms with van der Waals surface area (Å²) >= 11 is 0. The molecule has 1 aliphatic carbocycles. The molecule has 17 heavy (non-hydrogen) atoms. The molecule has 5 heteroatoms. The van der Waals surface area contributed by atoms with Crippen molar-refractivity contribution in [1.29, 1.82) is 0 Å². The van der Waals surface area contributed by atoms with Crippen molar-refractivity contribution in [3.8, 4) is 0 Å². The first kappa shape index (κ1) is 12.0. The maximum absolute atomic E-state index is 12.1. The molecule has 1 aromatic heterocycles. The van der Waals surface area contributed by atoms with Crippen LogP contribution in [0.15, 0.2) is 6.07 Å². The molecule has 1 fully saturated rings. The van der Waals surface area contributed by atoms with Gasteiger partial charge in [0.15, 0.2) is 0 Å². The normalized spacial score (nSPS) is 17.4. The number of hydrogen-bond acceptors (Lipinski definition) is 4. The largest absolute Gasteiger partial charge is 0.394 e. The Morgan fingerprint density at radius 2 is 2.18 bits per heavy atom. The number of hydrogen-bond donors (Lipinski definition) is 2. The number of carbonyl (C=O) groups excluding carboxylic acids is 1. The number of amides is 1. The number of aryl methyl sites for hydroxylation is 2. The first-order valence-electron chi connectivity index (χ1n) is 5.81. The number of aliphatic hydroxyl groups is 1. The third-order valence-corrected chi connectivity index (χ3v) is 3.34. The summed E-state index contributed by atoms with van der Waals surface area (Å²) in [6, 6.07) is 1.72. The van der Waals surface area contributed by atoms with Gasteiger partial charge in [0.1, 0.15) is 0 Å². The molecular weight excluding hydrogens is 218 g/mol. The fourth-order valence-corrected chi connectivity index (χ4v) is 2.01. The van der Waals surface area contributed by atoms with Gasteiger partial charge in [0.2, 0.25) is 0 Å². The van der Waals surface area contributed by atoms with Gasteiger partial charge in [0.05, 0.1) is 29.1 Å². The van der Waals surface area contributed by atoms with Gasteiger partial charge in [-0.1, -0.05) is 0 Å². The van der Waals surface area contributed by atoms with Gasteiger partial charge in [-0.25, -0.2) is 0 Å². The molecule has 1 saturated carbocycles. The Labute approximate surface area is 100 Å². The second kappa shape index (κ2) is 4.41. The first-order chi connectivity index (χ1) is 8.06. The number of nitrogens with zero attached hydrogens (tertiary/aromatic N) is 2. The highest BCUT2D eigenvalue weighted by atomic mass is 16.3. The zero-order chi connectivity index (χ0) is 12.5. The molecule has 0 aliphatic heterocycles. The third kappa shape index (κ3) is 2.29. The maximum Gasteiger partial charge on any atom is 0.253 e. The SMILES string of the molecule is Cc1cc(C(=O)NC2(CO)CCC2)c(C)nn1. The number of carbonyl (C=O) groups is 1. The molecule has 5 nitrogen and oxygen atoms in total. The van der Waals surface area contributed by atoms with Gasteiger partial charge >= 0.3 is 0 Å². The lowest BCUT2D eigenvalue weighted by Crippen LogP contribution is -2.56. The predicted molar refractivity (Wildman–Crippen MR) is 62.6 cm³/mol. The molecule has 1 heterocycles. The van der Waals surface area contributed by atoms with Crippen molar-refractivity contribution < 1.29 is 9.90 Å². The van der Waals surface area contributed by atoms with Crippen LogP contribution in [0.1, 0.15) is 41.0 Å². The highest BCUT2D eigenvalue weighted by molar-refractivity contribution is 5.95. The molecule has 0 radical (unpaired) electrons. The van der Waals surface area contributed by atoms with Crippen LogP contribution in [0, 0.1) is 13.8 Å². The highest BCUT2D eigenvalue weighted by Gasteiger charge is 2.38. The standard InChI is InChI=1S/C12H17N3O2/c1-8-6-10(9(2)15-14-8)11(17)13-12(7-16)4-3-5-12/h6,16H,3-5,7H2,1-2H3,(H,13,17). The van der Waals surface area contributed by atoms with Gasteiger partial charge in [0, 0.05) is 0 Å². The molecule has 1 aliphatic rings. The van der Waals surface area contributed by atoms with Crippen LogP contribution in [0.4, 0.5) is 0 Å². The molecular formula is C12H17N3O2. The third-order valence-electron chi connectivity index (χ3n) is 3.34. The van der Waals surface area contributed by atoms with E-state index in [0.717, 1.165) is 19.3 Å². The molecule has 92 valence electrons.